The molecule has 0 aliphatic heterocycles. The summed E-state index contributed by atoms with van der Waals surface area (Å²) in [5, 5.41) is 13.5. The van der Waals surface area contributed by atoms with Crippen molar-refractivity contribution in [2.24, 2.45) is 0 Å². The Balaban J connectivity index is 2.11. The van der Waals surface area contributed by atoms with E-state index in [4.69, 9.17) is 0 Å². The van der Waals surface area contributed by atoms with Crippen LogP contribution in [0.15, 0.2) is 53.0 Å². The van der Waals surface area contributed by atoms with Crippen LogP contribution in [-0.4, -0.2) is 10.8 Å². The van der Waals surface area contributed by atoms with Crippen molar-refractivity contribution in [3.05, 3.63) is 74.2 Å². The Labute approximate surface area is 123 Å². The number of hydrogen-bond acceptors (Lipinski definition) is 3. The zero-order valence-electron chi connectivity index (χ0n) is 10.4. The lowest BCUT2D eigenvalue weighted by Gasteiger charge is -2.06. The second-order valence-electron chi connectivity index (χ2n) is 4.09. The molecular weight excluding hydrogens is 324 g/mol. The average Bonchev–Trinajstić information content (AvgIpc) is 2.45. The number of para-hydroxylation sites is 1. The van der Waals surface area contributed by atoms with Gasteiger partial charge < -0.3 is 5.32 Å². The summed E-state index contributed by atoms with van der Waals surface area (Å²) in [6, 6.07) is 13.4. The summed E-state index contributed by atoms with van der Waals surface area (Å²) in [6.45, 7) is 0.310. The molecule has 102 valence electrons. The molecule has 5 nitrogen and oxygen atoms in total. The van der Waals surface area contributed by atoms with E-state index in [1.165, 1.54) is 18.2 Å². The predicted octanol–water partition coefficient (Wildman–Crippen LogP) is 3.29. The summed E-state index contributed by atoms with van der Waals surface area (Å²) in [7, 11) is 0. The van der Waals surface area contributed by atoms with Crippen LogP contribution in [0.4, 0.5) is 5.69 Å². The largest absolute Gasteiger partial charge is 0.348 e. The first-order valence-corrected chi connectivity index (χ1v) is 6.63. The Morgan fingerprint density at radius 2 is 1.95 bits per heavy atom. The second kappa shape index (κ2) is 6.29. The summed E-state index contributed by atoms with van der Waals surface area (Å²) in [6.07, 6.45) is 0. The minimum Gasteiger partial charge on any atom is -0.348 e. The molecule has 0 radical (unpaired) electrons. The van der Waals surface area contributed by atoms with Gasteiger partial charge in [0.1, 0.15) is 5.56 Å². The van der Waals surface area contributed by atoms with E-state index in [1.807, 2.05) is 24.3 Å². The van der Waals surface area contributed by atoms with Gasteiger partial charge in [-0.25, -0.2) is 0 Å². The molecule has 6 heteroatoms. The van der Waals surface area contributed by atoms with Gasteiger partial charge in [0.25, 0.3) is 11.6 Å². The maximum absolute atomic E-state index is 12.0. The van der Waals surface area contributed by atoms with Crippen molar-refractivity contribution in [3.63, 3.8) is 0 Å². The maximum atomic E-state index is 12.0. The van der Waals surface area contributed by atoms with Crippen LogP contribution in [0.2, 0.25) is 0 Å². The molecule has 0 aromatic heterocycles. The number of hydrogen-bond donors (Lipinski definition) is 1. The van der Waals surface area contributed by atoms with Crippen molar-refractivity contribution >= 4 is 27.5 Å². The van der Waals surface area contributed by atoms with Gasteiger partial charge in [-0.05, 0) is 23.8 Å². The van der Waals surface area contributed by atoms with Gasteiger partial charge in [-0.3, -0.25) is 14.9 Å². The van der Waals surface area contributed by atoms with E-state index in [2.05, 4.69) is 21.2 Å². The van der Waals surface area contributed by atoms with Crippen LogP contribution >= 0.6 is 15.9 Å². The van der Waals surface area contributed by atoms with Crippen molar-refractivity contribution in [2.75, 3.05) is 0 Å². The Hall–Kier alpha value is -2.21. The molecule has 0 heterocycles. The third-order valence-electron chi connectivity index (χ3n) is 2.69. The quantitative estimate of drug-likeness (QED) is 0.688. The number of amides is 1. The van der Waals surface area contributed by atoms with Crippen LogP contribution in [0.5, 0.6) is 0 Å². The molecule has 0 unspecified atom stereocenters. The van der Waals surface area contributed by atoms with E-state index in [9.17, 15) is 14.9 Å². The zero-order chi connectivity index (χ0) is 14.5. The molecule has 0 atom stereocenters. The Morgan fingerprint density at radius 1 is 1.20 bits per heavy atom. The lowest BCUT2D eigenvalue weighted by molar-refractivity contribution is -0.385. The molecule has 0 bridgehead atoms. The molecular formula is C14H11BrN2O3. The number of nitrogens with zero attached hydrogens (tertiary/aromatic N) is 1. The van der Waals surface area contributed by atoms with Crippen LogP contribution < -0.4 is 5.32 Å². The molecule has 2 aromatic carbocycles. The van der Waals surface area contributed by atoms with E-state index in [0.717, 1.165) is 10.0 Å². The summed E-state index contributed by atoms with van der Waals surface area (Å²) >= 11 is 3.34. The van der Waals surface area contributed by atoms with Gasteiger partial charge in [0, 0.05) is 17.1 Å². The fourth-order valence-corrected chi connectivity index (χ4v) is 2.20. The van der Waals surface area contributed by atoms with Crippen LogP contribution in [0.25, 0.3) is 0 Å². The first-order valence-electron chi connectivity index (χ1n) is 5.84. The molecule has 0 aliphatic carbocycles. The first-order chi connectivity index (χ1) is 9.58. The summed E-state index contributed by atoms with van der Waals surface area (Å²) in [5.41, 5.74) is 0.776. The first kappa shape index (κ1) is 14.2. The number of benzene rings is 2. The molecule has 1 amide bonds. The van der Waals surface area contributed by atoms with E-state index in [-0.39, 0.29) is 11.3 Å². The van der Waals surface area contributed by atoms with E-state index >= 15 is 0 Å². The highest BCUT2D eigenvalue weighted by Crippen LogP contribution is 2.17. The monoisotopic (exact) mass is 334 g/mol. The van der Waals surface area contributed by atoms with Crippen LogP contribution in [0.3, 0.4) is 0 Å². The second-order valence-corrected chi connectivity index (χ2v) is 5.00. The number of nitro groups is 1. The van der Waals surface area contributed by atoms with Crippen LogP contribution in [0.1, 0.15) is 15.9 Å². The summed E-state index contributed by atoms with van der Waals surface area (Å²) in [5.74, 6) is -0.461. The van der Waals surface area contributed by atoms with E-state index in [1.54, 1.807) is 6.07 Å². The van der Waals surface area contributed by atoms with Crippen LogP contribution in [-0.2, 0) is 6.54 Å². The average molecular weight is 335 g/mol. The van der Waals surface area contributed by atoms with Crippen molar-refractivity contribution in [1.82, 2.24) is 5.32 Å². The Bertz CT molecular complexity index is 658. The molecule has 2 aromatic rings. The third-order valence-corrected chi connectivity index (χ3v) is 3.18. The highest BCUT2D eigenvalue weighted by molar-refractivity contribution is 9.10. The normalized spacial score (nSPS) is 10.1. The standard InChI is InChI=1S/C14H11BrN2O3/c15-11-5-3-4-10(8-11)9-16-14(18)12-6-1-2-7-13(12)17(19)20/h1-8H,9H2,(H,16,18). The molecule has 0 spiro atoms. The number of carbonyl (C=O) groups excluding carboxylic acids is 1. The Morgan fingerprint density at radius 3 is 2.65 bits per heavy atom. The van der Waals surface area contributed by atoms with Gasteiger partial charge in [-0.15, -0.1) is 0 Å². The number of nitrogens with one attached hydrogen (secondary N) is 1. The molecule has 0 saturated carbocycles. The number of carbonyl (C=O) groups is 1. The van der Waals surface area contributed by atoms with Crippen LogP contribution in [0, 0.1) is 10.1 Å². The fourth-order valence-electron chi connectivity index (χ4n) is 1.75. The number of halogens is 1. The minimum atomic E-state index is -0.561. The maximum Gasteiger partial charge on any atom is 0.282 e. The number of rotatable bonds is 4. The minimum absolute atomic E-state index is 0.0625. The van der Waals surface area contributed by atoms with Gasteiger partial charge >= 0.3 is 0 Å². The number of nitro benzene ring substituents is 1. The molecule has 0 saturated heterocycles. The summed E-state index contributed by atoms with van der Waals surface area (Å²) < 4.78 is 0.912. The van der Waals surface area contributed by atoms with E-state index in [0.29, 0.717) is 6.54 Å². The van der Waals surface area contributed by atoms with Crippen molar-refractivity contribution in [2.45, 2.75) is 6.54 Å². The lowest BCUT2D eigenvalue weighted by atomic mass is 10.1. The SMILES string of the molecule is O=C(NCc1cccc(Br)c1)c1ccccc1[N+](=O)[O-]. The van der Waals surface area contributed by atoms with Crippen molar-refractivity contribution < 1.29 is 9.72 Å². The van der Waals surface area contributed by atoms with Gasteiger partial charge in [0.2, 0.25) is 0 Å². The molecule has 1 N–H and O–H groups in total. The summed E-state index contributed by atoms with van der Waals surface area (Å²) in [4.78, 5) is 22.3. The van der Waals surface area contributed by atoms with Gasteiger partial charge in [-0.2, -0.15) is 0 Å². The predicted molar refractivity (Wildman–Crippen MR) is 78.4 cm³/mol. The zero-order valence-corrected chi connectivity index (χ0v) is 12.0. The fraction of sp³-hybridized carbons (Fsp3) is 0.0714. The molecule has 2 rings (SSSR count). The van der Waals surface area contributed by atoms with Crippen molar-refractivity contribution in [3.8, 4) is 0 Å². The smallest absolute Gasteiger partial charge is 0.282 e. The van der Waals surface area contributed by atoms with E-state index < -0.39 is 10.8 Å². The third kappa shape index (κ3) is 3.42. The lowest BCUT2D eigenvalue weighted by Crippen LogP contribution is -2.23. The molecule has 0 fully saturated rings. The highest BCUT2D eigenvalue weighted by Gasteiger charge is 2.18. The molecule has 20 heavy (non-hydrogen) atoms. The van der Waals surface area contributed by atoms with Crippen molar-refractivity contribution in [1.29, 1.82) is 0 Å². The Kier molecular flexibility index (Phi) is 4.47. The topological polar surface area (TPSA) is 72.2 Å². The van der Waals surface area contributed by atoms with Gasteiger partial charge in [-0.1, -0.05) is 40.2 Å². The molecule has 0 aliphatic rings. The van der Waals surface area contributed by atoms with Gasteiger partial charge in [0.15, 0.2) is 0 Å². The van der Waals surface area contributed by atoms with Gasteiger partial charge in [0.05, 0.1) is 4.92 Å². The highest BCUT2D eigenvalue weighted by atomic mass is 79.9.